The van der Waals surface area contributed by atoms with Crippen molar-refractivity contribution in [2.75, 3.05) is 12.4 Å². The fourth-order valence-electron chi connectivity index (χ4n) is 2.09. The number of hydrogen-bond acceptors (Lipinski definition) is 4. The summed E-state index contributed by atoms with van der Waals surface area (Å²) in [5.41, 5.74) is 2.71. The van der Waals surface area contributed by atoms with Gasteiger partial charge >= 0.3 is 0 Å². The van der Waals surface area contributed by atoms with Crippen LogP contribution in [-0.4, -0.2) is 17.0 Å². The summed E-state index contributed by atoms with van der Waals surface area (Å²) in [5, 5.41) is 4.20. The molecule has 0 unspecified atom stereocenters. The smallest absolute Gasteiger partial charge is 0.135 e. The maximum atomic E-state index is 4.70. The van der Waals surface area contributed by atoms with E-state index >= 15 is 0 Å². The Morgan fingerprint density at radius 3 is 2.75 bits per heavy atom. The molecule has 0 bridgehead atoms. The van der Waals surface area contributed by atoms with Crippen LogP contribution in [0.25, 0.3) is 0 Å². The Morgan fingerprint density at radius 2 is 2.05 bits per heavy atom. The third kappa shape index (κ3) is 3.12. The van der Waals surface area contributed by atoms with Crippen LogP contribution in [0, 0.1) is 6.92 Å². The molecule has 1 N–H and O–H groups in total. The van der Waals surface area contributed by atoms with Gasteiger partial charge in [0, 0.05) is 24.8 Å². The molecule has 0 spiro atoms. The molecule has 1 aliphatic rings. The summed E-state index contributed by atoms with van der Waals surface area (Å²) in [5.74, 6) is 3.47. The molecule has 1 aromatic carbocycles. The molecule has 1 saturated carbocycles. The Balaban J connectivity index is 1.76. The van der Waals surface area contributed by atoms with Gasteiger partial charge < -0.3 is 5.32 Å². The minimum Gasteiger partial charge on any atom is -0.373 e. The summed E-state index contributed by atoms with van der Waals surface area (Å²) in [6.07, 6.45) is 2.46. The highest BCUT2D eigenvalue weighted by atomic mass is 32.2. The van der Waals surface area contributed by atoms with Crippen LogP contribution in [0.5, 0.6) is 0 Å². The number of hydrogen-bond donors (Lipinski definition) is 1. The first kappa shape index (κ1) is 13.4. The first-order chi connectivity index (χ1) is 9.76. The average molecular weight is 285 g/mol. The molecule has 1 aliphatic carbocycles. The molecule has 3 rings (SSSR count). The Labute approximate surface area is 124 Å². The molecule has 0 saturated heterocycles. The third-order valence-electron chi connectivity index (χ3n) is 3.56. The van der Waals surface area contributed by atoms with E-state index in [9.17, 15) is 0 Å². The van der Waals surface area contributed by atoms with Crippen LogP contribution in [0.4, 0.5) is 5.82 Å². The van der Waals surface area contributed by atoms with Crippen LogP contribution in [0.15, 0.2) is 35.4 Å². The van der Waals surface area contributed by atoms with Crippen molar-refractivity contribution >= 4 is 17.6 Å². The van der Waals surface area contributed by atoms with Crippen molar-refractivity contribution in [3.05, 3.63) is 47.3 Å². The first-order valence-corrected chi connectivity index (χ1v) is 7.99. The molecule has 2 aromatic rings. The number of aryl methyl sites for hydroxylation is 1. The highest BCUT2D eigenvalue weighted by molar-refractivity contribution is 7.98. The normalized spacial score (nSPS) is 14.3. The Morgan fingerprint density at radius 1 is 1.25 bits per heavy atom. The molecule has 3 nitrogen and oxygen atoms in total. The van der Waals surface area contributed by atoms with Gasteiger partial charge in [0.05, 0.1) is 0 Å². The largest absolute Gasteiger partial charge is 0.373 e. The van der Waals surface area contributed by atoms with Crippen molar-refractivity contribution in [3.8, 4) is 0 Å². The van der Waals surface area contributed by atoms with Gasteiger partial charge in [-0.15, -0.1) is 11.8 Å². The lowest BCUT2D eigenvalue weighted by atomic mass is 10.1. The molecule has 1 aromatic heterocycles. The van der Waals surface area contributed by atoms with Crippen molar-refractivity contribution < 1.29 is 0 Å². The van der Waals surface area contributed by atoms with Gasteiger partial charge in [-0.1, -0.05) is 24.3 Å². The van der Waals surface area contributed by atoms with E-state index in [1.807, 2.05) is 13.1 Å². The second-order valence-electron chi connectivity index (χ2n) is 5.19. The lowest BCUT2D eigenvalue weighted by molar-refractivity contribution is 0.880. The van der Waals surface area contributed by atoms with Crippen molar-refractivity contribution in [3.63, 3.8) is 0 Å². The van der Waals surface area contributed by atoms with Gasteiger partial charge in [0.2, 0.25) is 0 Å². The van der Waals surface area contributed by atoms with E-state index in [0.717, 1.165) is 22.4 Å². The van der Waals surface area contributed by atoms with Gasteiger partial charge in [-0.2, -0.15) is 0 Å². The number of nitrogens with one attached hydrogen (secondary N) is 1. The molecule has 0 aliphatic heterocycles. The number of aromatic nitrogens is 2. The number of benzene rings is 1. The molecular formula is C16H19N3S. The summed E-state index contributed by atoms with van der Waals surface area (Å²) >= 11 is 1.79. The molecule has 1 fully saturated rings. The van der Waals surface area contributed by atoms with E-state index in [0.29, 0.717) is 5.92 Å². The van der Waals surface area contributed by atoms with Gasteiger partial charge in [-0.3, -0.25) is 0 Å². The van der Waals surface area contributed by atoms with Crippen LogP contribution in [0.1, 0.15) is 35.7 Å². The zero-order chi connectivity index (χ0) is 13.9. The molecule has 104 valence electrons. The van der Waals surface area contributed by atoms with Gasteiger partial charge in [-0.05, 0) is 30.9 Å². The van der Waals surface area contributed by atoms with Crippen molar-refractivity contribution in [1.82, 2.24) is 9.97 Å². The van der Waals surface area contributed by atoms with Gasteiger partial charge in [0.1, 0.15) is 16.7 Å². The van der Waals surface area contributed by atoms with E-state index in [1.54, 1.807) is 11.8 Å². The fourth-order valence-corrected chi connectivity index (χ4v) is 3.07. The van der Waals surface area contributed by atoms with Crippen molar-refractivity contribution in [2.45, 2.75) is 36.5 Å². The Hall–Kier alpha value is -1.55. The first-order valence-electron chi connectivity index (χ1n) is 7.00. The third-order valence-corrected chi connectivity index (χ3v) is 4.52. The van der Waals surface area contributed by atoms with Crippen LogP contribution in [0.3, 0.4) is 0 Å². The number of rotatable bonds is 5. The number of nitrogens with zero attached hydrogens (tertiary/aromatic N) is 2. The monoisotopic (exact) mass is 285 g/mol. The Bertz CT molecular complexity index is 608. The van der Waals surface area contributed by atoms with E-state index in [4.69, 9.17) is 4.98 Å². The maximum absolute atomic E-state index is 4.70. The van der Waals surface area contributed by atoms with Crippen LogP contribution >= 0.6 is 11.8 Å². The predicted molar refractivity (Wildman–Crippen MR) is 84.3 cm³/mol. The van der Waals surface area contributed by atoms with E-state index < -0.39 is 0 Å². The fraction of sp³-hybridized carbons (Fsp3) is 0.375. The lowest BCUT2D eigenvalue weighted by Crippen LogP contribution is -2.00. The summed E-state index contributed by atoms with van der Waals surface area (Å²) in [6.45, 7) is 2.16. The minimum absolute atomic E-state index is 0.584. The van der Waals surface area contributed by atoms with Crippen LogP contribution in [0.2, 0.25) is 0 Å². The van der Waals surface area contributed by atoms with E-state index in [-0.39, 0.29) is 0 Å². The van der Waals surface area contributed by atoms with Crippen molar-refractivity contribution in [2.24, 2.45) is 0 Å². The molecule has 20 heavy (non-hydrogen) atoms. The average Bonchev–Trinajstić information content (AvgIpc) is 3.31. The summed E-state index contributed by atoms with van der Waals surface area (Å²) < 4.78 is 0. The summed E-state index contributed by atoms with van der Waals surface area (Å²) in [6, 6.07) is 10.6. The summed E-state index contributed by atoms with van der Waals surface area (Å²) in [7, 11) is 1.91. The maximum Gasteiger partial charge on any atom is 0.135 e. The van der Waals surface area contributed by atoms with Crippen molar-refractivity contribution in [1.29, 1.82) is 0 Å². The minimum atomic E-state index is 0.584. The van der Waals surface area contributed by atoms with Gasteiger partial charge in [0.25, 0.3) is 0 Å². The molecule has 1 heterocycles. The van der Waals surface area contributed by atoms with E-state index in [2.05, 4.69) is 41.5 Å². The molecular weight excluding hydrogens is 266 g/mol. The number of thioether (sulfide) groups is 1. The SMILES string of the molecule is CNc1cc(SCc2ccccc2C)nc(C2CC2)n1. The van der Waals surface area contributed by atoms with Crippen LogP contribution in [-0.2, 0) is 5.75 Å². The molecule has 0 radical (unpaired) electrons. The molecule has 0 amide bonds. The number of anilines is 1. The molecule has 0 atom stereocenters. The lowest BCUT2D eigenvalue weighted by Gasteiger charge is -2.08. The Kier molecular flexibility index (Phi) is 3.92. The van der Waals surface area contributed by atoms with Crippen LogP contribution < -0.4 is 5.32 Å². The highest BCUT2D eigenvalue weighted by Crippen LogP contribution is 2.39. The quantitative estimate of drug-likeness (QED) is 0.665. The second-order valence-corrected chi connectivity index (χ2v) is 6.18. The second kappa shape index (κ2) is 5.83. The standard InChI is InChI=1S/C16H19N3S/c1-11-5-3-4-6-13(11)10-20-15-9-14(17-2)18-16(19-15)12-7-8-12/h3-6,9,12H,7-8,10H2,1-2H3,(H,17,18,19). The van der Waals surface area contributed by atoms with Gasteiger partial charge in [-0.25, -0.2) is 9.97 Å². The van der Waals surface area contributed by atoms with Gasteiger partial charge in [0.15, 0.2) is 0 Å². The predicted octanol–water partition coefficient (Wildman–Crippen LogP) is 4.00. The zero-order valence-corrected chi connectivity index (χ0v) is 12.7. The highest BCUT2D eigenvalue weighted by Gasteiger charge is 2.27. The topological polar surface area (TPSA) is 37.8 Å². The van der Waals surface area contributed by atoms with E-state index in [1.165, 1.54) is 24.0 Å². The zero-order valence-electron chi connectivity index (χ0n) is 11.9. The molecule has 4 heteroatoms. The summed E-state index contributed by atoms with van der Waals surface area (Å²) in [4.78, 5) is 9.25.